The van der Waals surface area contributed by atoms with Crippen molar-refractivity contribution in [3.8, 4) is 5.88 Å². The molecule has 0 unspecified atom stereocenters. The van der Waals surface area contributed by atoms with Crippen LogP contribution in [-0.4, -0.2) is 42.4 Å². The number of amides is 1. The molecule has 130 valence electrons. The molecule has 1 heterocycles. The number of hydrogen-bond acceptors (Lipinski definition) is 7. The SMILES string of the molecule is CCS(=O)(=O)Oc1cnc(CCCNC(=O)OC(C)(C)C)cn1. The summed E-state index contributed by atoms with van der Waals surface area (Å²) >= 11 is 0. The Kier molecular flexibility index (Phi) is 6.74. The summed E-state index contributed by atoms with van der Waals surface area (Å²) in [6.07, 6.45) is 3.50. The molecule has 0 atom stereocenters. The molecule has 0 saturated carbocycles. The van der Waals surface area contributed by atoms with Gasteiger partial charge in [-0.15, -0.1) is 0 Å². The monoisotopic (exact) mass is 345 g/mol. The summed E-state index contributed by atoms with van der Waals surface area (Å²) in [6, 6.07) is 0. The Morgan fingerprint density at radius 2 is 1.96 bits per heavy atom. The number of carbonyl (C=O) groups excluding carboxylic acids is 1. The van der Waals surface area contributed by atoms with Gasteiger partial charge < -0.3 is 14.2 Å². The molecule has 0 spiro atoms. The van der Waals surface area contributed by atoms with Crippen LogP contribution in [0.3, 0.4) is 0 Å². The quantitative estimate of drug-likeness (QED) is 0.591. The summed E-state index contributed by atoms with van der Waals surface area (Å²) in [5.74, 6) is -0.185. The molecular weight excluding hydrogens is 322 g/mol. The first-order chi connectivity index (χ1) is 10.6. The summed E-state index contributed by atoms with van der Waals surface area (Å²) in [5, 5.41) is 2.65. The van der Waals surface area contributed by atoms with E-state index >= 15 is 0 Å². The number of carbonyl (C=O) groups is 1. The maximum absolute atomic E-state index is 11.4. The van der Waals surface area contributed by atoms with Gasteiger partial charge in [0, 0.05) is 6.54 Å². The Labute approximate surface area is 136 Å². The Balaban J connectivity index is 2.35. The smallest absolute Gasteiger partial charge is 0.407 e. The molecule has 9 heteroatoms. The average Bonchev–Trinajstić information content (AvgIpc) is 2.43. The summed E-state index contributed by atoms with van der Waals surface area (Å²) in [6.45, 7) is 7.31. The zero-order valence-corrected chi connectivity index (χ0v) is 14.6. The first kappa shape index (κ1) is 19.1. The maximum Gasteiger partial charge on any atom is 0.407 e. The van der Waals surface area contributed by atoms with E-state index in [2.05, 4.69) is 15.3 Å². The molecule has 0 aliphatic rings. The van der Waals surface area contributed by atoms with Gasteiger partial charge in [0.25, 0.3) is 5.88 Å². The topological polar surface area (TPSA) is 107 Å². The standard InChI is InChI=1S/C14H23N3O5S/c1-5-23(19,20)22-12-10-16-11(9-17-12)7-6-8-15-13(18)21-14(2,3)4/h9-10H,5-8H2,1-4H3,(H,15,18). The van der Waals surface area contributed by atoms with Gasteiger partial charge in [-0.25, -0.2) is 9.78 Å². The van der Waals surface area contributed by atoms with Gasteiger partial charge in [0.1, 0.15) is 5.60 Å². The van der Waals surface area contributed by atoms with Crippen LogP contribution in [0.25, 0.3) is 0 Å². The number of rotatable bonds is 7. The fourth-order valence-electron chi connectivity index (χ4n) is 1.48. The van der Waals surface area contributed by atoms with E-state index in [-0.39, 0.29) is 11.6 Å². The summed E-state index contributed by atoms with van der Waals surface area (Å²) in [7, 11) is -3.59. The number of aromatic nitrogens is 2. The van der Waals surface area contributed by atoms with E-state index in [1.54, 1.807) is 20.8 Å². The first-order valence-corrected chi connectivity index (χ1v) is 8.89. The number of alkyl carbamates (subject to hydrolysis) is 1. The third-order valence-corrected chi connectivity index (χ3v) is 3.66. The molecule has 1 aromatic rings. The van der Waals surface area contributed by atoms with Crippen molar-refractivity contribution in [1.82, 2.24) is 15.3 Å². The predicted octanol–water partition coefficient (Wildman–Crippen LogP) is 1.66. The molecule has 0 aliphatic carbocycles. The molecule has 0 aliphatic heterocycles. The van der Waals surface area contributed by atoms with Crippen LogP contribution in [0.4, 0.5) is 4.79 Å². The highest BCUT2D eigenvalue weighted by Crippen LogP contribution is 2.09. The van der Waals surface area contributed by atoms with E-state index in [1.165, 1.54) is 19.3 Å². The largest absolute Gasteiger partial charge is 0.444 e. The molecule has 0 fully saturated rings. The molecule has 0 radical (unpaired) electrons. The van der Waals surface area contributed by atoms with Gasteiger partial charge in [0.05, 0.1) is 23.8 Å². The third-order valence-electron chi connectivity index (χ3n) is 2.53. The van der Waals surface area contributed by atoms with E-state index in [4.69, 9.17) is 8.92 Å². The molecule has 8 nitrogen and oxygen atoms in total. The van der Waals surface area contributed by atoms with Gasteiger partial charge in [-0.2, -0.15) is 8.42 Å². The molecule has 0 saturated heterocycles. The third kappa shape index (κ3) is 8.34. The van der Waals surface area contributed by atoms with Gasteiger partial charge >= 0.3 is 16.2 Å². The van der Waals surface area contributed by atoms with Crippen LogP contribution < -0.4 is 9.50 Å². The van der Waals surface area contributed by atoms with Crippen LogP contribution in [-0.2, 0) is 21.3 Å². The number of aryl methyl sites for hydroxylation is 1. The van der Waals surface area contributed by atoms with Gasteiger partial charge in [0.15, 0.2) is 0 Å². The molecule has 0 bridgehead atoms. The Bertz CT molecular complexity index is 608. The molecular formula is C14H23N3O5S. The van der Waals surface area contributed by atoms with Crippen LogP contribution in [0.5, 0.6) is 5.88 Å². The van der Waals surface area contributed by atoms with Crippen molar-refractivity contribution < 1.29 is 22.1 Å². The van der Waals surface area contributed by atoms with E-state index in [1.807, 2.05) is 0 Å². The van der Waals surface area contributed by atoms with Crippen molar-refractivity contribution in [2.45, 2.75) is 46.1 Å². The van der Waals surface area contributed by atoms with Gasteiger partial charge in [-0.05, 0) is 40.5 Å². The lowest BCUT2D eigenvalue weighted by Gasteiger charge is -2.19. The van der Waals surface area contributed by atoms with Crippen molar-refractivity contribution in [3.63, 3.8) is 0 Å². The highest BCUT2D eigenvalue weighted by molar-refractivity contribution is 7.87. The lowest BCUT2D eigenvalue weighted by Crippen LogP contribution is -2.33. The van der Waals surface area contributed by atoms with Crippen LogP contribution in [0, 0.1) is 0 Å². The van der Waals surface area contributed by atoms with Crippen molar-refractivity contribution >= 4 is 16.2 Å². The van der Waals surface area contributed by atoms with Gasteiger partial charge in [-0.3, -0.25) is 4.98 Å². The van der Waals surface area contributed by atoms with Crippen molar-refractivity contribution in [1.29, 1.82) is 0 Å². The molecule has 0 aromatic carbocycles. The van der Waals surface area contributed by atoms with Crippen LogP contribution in [0.1, 0.15) is 39.8 Å². The van der Waals surface area contributed by atoms with Gasteiger partial charge in [0.2, 0.25) is 0 Å². The van der Waals surface area contributed by atoms with Crippen LogP contribution in [0.2, 0.25) is 0 Å². The highest BCUT2D eigenvalue weighted by Gasteiger charge is 2.15. The molecule has 1 N–H and O–H groups in total. The predicted molar refractivity (Wildman–Crippen MR) is 84.7 cm³/mol. The van der Waals surface area contributed by atoms with Crippen molar-refractivity contribution in [3.05, 3.63) is 18.1 Å². The normalized spacial score (nSPS) is 11.8. The first-order valence-electron chi connectivity index (χ1n) is 7.31. The highest BCUT2D eigenvalue weighted by atomic mass is 32.2. The lowest BCUT2D eigenvalue weighted by molar-refractivity contribution is 0.0527. The van der Waals surface area contributed by atoms with Crippen LogP contribution >= 0.6 is 0 Å². The Morgan fingerprint density at radius 3 is 2.48 bits per heavy atom. The summed E-state index contributed by atoms with van der Waals surface area (Å²) in [5.41, 5.74) is 0.154. The molecule has 1 amide bonds. The number of hydrogen-bond donors (Lipinski definition) is 1. The summed E-state index contributed by atoms with van der Waals surface area (Å²) < 4.78 is 32.4. The van der Waals surface area contributed by atoms with Crippen LogP contribution in [0.15, 0.2) is 12.4 Å². The second-order valence-electron chi connectivity index (χ2n) is 5.81. The van der Waals surface area contributed by atoms with E-state index < -0.39 is 21.8 Å². The van der Waals surface area contributed by atoms with E-state index in [0.717, 1.165) is 0 Å². The molecule has 1 rings (SSSR count). The Morgan fingerprint density at radius 1 is 1.26 bits per heavy atom. The fourth-order valence-corrected chi connectivity index (χ4v) is 1.94. The van der Waals surface area contributed by atoms with Crippen molar-refractivity contribution in [2.24, 2.45) is 0 Å². The summed E-state index contributed by atoms with van der Waals surface area (Å²) in [4.78, 5) is 19.4. The zero-order chi connectivity index (χ0) is 17.5. The van der Waals surface area contributed by atoms with E-state index in [0.29, 0.717) is 25.1 Å². The van der Waals surface area contributed by atoms with E-state index in [9.17, 15) is 13.2 Å². The minimum atomic E-state index is -3.59. The maximum atomic E-state index is 11.4. The number of nitrogens with one attached hydrogen (secondary N) is 1. The zero-order valence-electron chi connectivity index (χ0n) is 13.8. The second kappa shape index (κ2) is 8.09. The minimum absolute atomic E-state index is 0.0533. The molecule has 23 heavy (non-hydrogen) atoms. The van der Waals surface area contributed by atoms with Gasteiger partial charge in [-0.1, -0.05) is 0 Å². The lowest BCUT2D eigenvalue weighted by atomic mass is 10.2. The second-order valence-corrected chi connectivity index (χ2v) is 7.67. The number of nitrogens with zero attached hydrogens (tertiary/aromatic N) is 2. The Hall–Kier alpha value is -1.90. The number of ether oxygens (including phenoxy) is 1. The minimum Gasteiger partial charge on any atom is -0.444 e. The fraction of sp³-hybridized carbons (Fsp3) is 0.643. The average molecular weight is 345 g/mol. The molecule has 1 aromatic heterocycles. The van der Waals surface area contributed by atoms with Crippen molar-refractivity contribution in [2.75, 3.05) is 12.3 Å².